The first-order chi connectivity index (χ1) is 14.0. The van der Waals surface area contributed by atoms with Gasteiger partial charge in [-0.3, -0.25) is 9.78 Å². The van der Waals surface area contributed by atoms with Gasteiger partial charge in [0.2, 0.25) is 5.91 Å². The standard InChI is InChI=1S/C18H20F3N5O3S/c1-25-10-15(23-11-25)30(28,29)26-8-12(13-4-2-3-7-22-13)14(9-26)24-16(27)17(5-6-17)18(19,20)21/h2-4,7,10-12,14H,5-6,8-9H2,1H3,(H,24,27)/t12-,14+/m0/s1. The Kier molecular flexibility index (Phi) is 4.88. The fraction of sp³-hybridized carbons (Fsp3) is 0.500. The van der Waals surface area contributed by atoms with Crippen molar-refractivity contribution in [1.29, 1.82) is 0 Å². The van der Waals surface area contributed by atoms with Crippen LogP contribution in [0.4, 0.5) is 13.2 Å². The lowest BCUT2D eigenvalue weighted by Crippen LogP contribution is -2.48. The third-order valence-corrected chi connectivity index (χ3v) is 7.40. The minimum absolute atomic E-state index is 0.0279. The minimum Gasteiger partial charge on any atom is -0.351 e. The molecule has 162 valence electrons. The second kappa shape index (κ2) is 7.05. The number of amides is 1. The summed E-state index contributed by atoms with van der Waals surface area (Å²) in [5.41, 5.74) is -1.88. The second-order valence-electron chi connectivity index (χ2n) is 7.72. The monoisotopic (exact) mass is 443 g/mol. The minimum atomic E-state index is -4.64. The van der Waals surface area contributed by atoms with E-state index in [1.807, 2.05) is 0 Å². The number of hydrogen-bond acceptors (Lipinski definition) is 5. The molecule has 0 aromatic carbocycles. The zero-order valence-corrected chi connectivity index (χ0v) is 16.8. The predicted octanol–water partition coefficient (Wildman–Crippen LogP) is 1.43. The normalized spacial score (nSPS) is 24.0. The topological polar surface area (TPSA) is 97.2 Å². The summed E-state index contributed by atoms with van der Waals surface area (Å²) in [5.74, 6) is -1.70. The molecule has 1 saturated carbocycles. The van der Waals surface area contributed by atoms with E-state index < -0.39 is 39.5 Å². The van der Waals surface area contributed by atoms with E-state index in [1.165, 1.54) is 23.3 Å². The number of sulfonamides is 1. The number of imidazole rings is 1. The van der Waals surface area contributed by atoms with Crippen LogP contribution in [0, 0.1) is 5.41 Å². The van der Waals surface area contributed by atoms with Crippen molar-refractivity contribution in [1.82, 2.24) is 24.2 Å². The van der Waals surface area contributed by atoms with Crippen LogP contribution in [-0.4, -0.2) is 58.5 Å². The number of carbonyl (C=O) groups is 1. The van der Waals surface area contributed by atoms with Gasteiger partial charge in [-0.05, 0) is 25.0 Å². The van der Waals surface area contributed by atoms with Crippen LogP contribution in [0.25, 0.3) is 0 Å². The Morgan fingerprint density at radius 3 is 2.50 bits per heavy atom. The van der Waals surface area contributed by atoms with Crippen molar-refractivity contribution in [2.45, 2.75) is 36.0 Å². The third-order valence-electron chi connectivity index (χ3n) is 5.68. The van der Waals surface area contributed by atoms with Gasteiger partial charge in [0.25, 0.3) is 10.0 Å². The smallest absolute Gasteiger partial charge is 0.351 e. The number of nitrogens with zero attached hydrogens (tertiary/aromatic N) is 4. The molecule has 1 saturated heterocycles. The molecule has 4 rings (SSSR count). The SMILES string of the molecule is Cn1cnc(S(=O)(=O)N2C[C@@H](NC(=O)C3(C(F)(F)F)CC3)[C@H](c3ccccn3)C2)c1. The van der Waals surface area contributed by atoms with Crippen LogP contribution in [0.2, 0.25) is 0 Å². The Morgan fingerprint density at radius 1 is 1.23 bits per heavy atom. The van der Waals surface area contributed by atoms with E-state index in [-0.39, 0.29) is 31.0 Å². The number of aromatic nitrogens is 3. The molecule has 0 radical (unpaired) electrons. The average Bonchev–Trinajstić information content (AvgIpc) is 3.24. The summed E-state index contributed by atoms with van der Waals surface area (Å²) in [6.45, 7) is -0.195. The Morgan fingerprint density at radius 2 is 1.97 bits per heavy atom. The van der Waals surface area contributed by atoms with Crippen LogP contribution in [0.1, 0.15) is 24.5 Å². The molecule has 1 amide bonds. The van der Waals surface area contributed by atoms with Gasteiger partial charge in [0, 0.05) is 44.1 Å². The van der Waals surface area contributed by atoms with Crippen molar-refractivity contribution in [3.63, 3.8) is 0 Å². The number of rotatable bonds is 5. The van der Waals surface area contributed by atoms with E-state index in [0.29, 0.717) is 5.69 Å². The molecular weight excluding hydrogens is 423 g/mol. The van der Waals surface area contributed by atoms with E-state index >= 15 is 0 Å². The van der Waals surface area contributed by atoms with Crippen LogP contribution in [0.3, 0.4) is 0 Å². The van der Waals surface area contributed by atoms with E-state index in [9.17, 15) is 26.4 Å². The summed E-state index contributed by atoms with van der Waals surface area (Å²) >= 11 is 0. The maximum atomic E-state index is 13.3. The lowest BCUT2D eigenvalue weighted by Gasteiger charge is -2.24. The van der Waals surface area contributed by atoms with Crippen LogP contribution < -0.4 is 5.32 Å². The van der Waals surface area contributed by atoms with E-state index in [0.717, 1.165) is 4.31 Å². The molecule has 2 aromatic heterocycles. The molecule has 2 atom stereocenters. The van der Waals surface area contributed by atoms with Gasteiger partial charge in [0.1, 0.15) is 5.41 Å². The number of nitrogens with one attached hydrogen (secondary N) is 1. The molecule has 2 fully saturated rings. The lowest BCUT2D eigenvalue weighted by atomic mass is 9.97. The molecular formula is C18H20F3N5O3S. The fourth-order valence-corrected chi connectivity index (χ4v) is 5.19. The molecule has 1 aliphatic heterocycles. The molecule has 0 spiro atoms. The zero-order chi connectivity index (χ0) is 21.7. The molecule has 8 nitrogen and oxygen atoms in total. The predicted molar refractivity (Wildman–Crippen MR) is 98.6 cm³/mol. The summed E-state index contributed by atoms with van der Waals surface area (Å²) in [4.78, 5) is 20.6. The fourth-order valence-electron chi connectivity index (χ4n) is 3.73. The summed E-state index contributed by atoms with van der Waals surface area (Å²) in [6.07, 6.45) is -0.963. The number of carbonyl (C=O) groups excluding carboxylic acids is 1. The van der Waals surface area contributed by atoms with Gasteiger partial charge in [-0.2, -0.15) is 17.5 Å². The molecule has 0 unspecified atom stereocenters. The highest BCUT2D eigenvalue weighted by Gasteiger charge is 2.68. The van der Waals surface area contributed by atoms with Crippen molar-refractivity contribution in [3.05, 3.63) is 42.6 Å². The van der Waals surface area contributed by atoms with Crippen molar-refractivity contribution in [3.8, 4) is 0 Å². The van der Waals surface area contributed by atoms with Crippen LogP contribution in [0.15, 0.2) is 41.9 Å². The van der Waals surface area contributed by atoms with Gasteiger partial charge >= 0.3 is 6.18 Å². The molecule has 0 bridgehead atoms. The number of pyridine rings is 1. The number of aryl methyl sites for hydroxylation is 1. The van der Waals surface area contributed by atoms with E-state index in [4.69, 9.17) is 0 Å². The third kappa shape index (κ3) is 3.47. The van der Waals surface area contributed by atoms with Crippen LogP contribution >= 0.6 is 0 Å². The maximum absolute atomic E-state index is 13.3. The van der Waals surface area contributed by atoms with Gasteiger partial charge in [0.15, 0.2) is 5.03 Å². The van der Waals surface area contributed by atoms with Gasteiger partial charge < -0.3 is 9.88 Å². The Labute approximate surface area is 171 Å². The molecule has 2 aromatic rings. The maximum Gasteiger partial charge on any atom is 0.403 e. The van der Waals surface area contributed by atoms with Crippen molar-refractivity contribution >= 4 is 15.9 Å². The van der Waals surface area contributed by atoms with E-state index in [1.54, 1.807) is 25.2 Å². The first-order valence-corrected chi connectivity index (χ1v) is 10.8. The zero-order valence-electron chi connectivity index (χ0n) is 16.0. The molecule has 2 aliphatic rings. The average molecular weight is 443 g/mol. The Balaban J connectivity index is 1.62. The first-order valence-electron chi connectivity index (χ1n) is 9.31. The van der Waals surface area contributed by atoms with Crippen molar-refractivity contribution in [2.75, 3.05) is 13.1 Å². The van der Waals surface area contributed by atoms with Crippen molar-refractivity contribution < 1.29 is 26.4 Å². The molecule has 30 heavy (non-hydrogen) atoms. The highest BCUT2D eigenvalue weighted by molar-refractivity contribution is 7.89. The van der Waals surface area contributed by atoms with E-state index in [2.05, 4.69) is 15.3 Å². The number of hydrogen-bond donors (Lipinski definition) is 1. The summed E-state index contributed by atoms with van der Waals surface area (Å²) < 4.78 is 68.6. The van der Waals surface area contributed by atoms with Crippen molar-refractivity contribution in [2.24, 2.45) is 12.5 Å². The molecule has 3 heterocycles. The second-order valence-corrected chi connectivity index (χ2v) is 9.61. The van der Waals surface area contributed by atoms with Gasteiger partial charge in [0.05, 0.1) is 12.4 Å². The summed E-state index contributed by atoms with van der Waals surface area (Å²) in [5, 5.41) is 2.30. The number of halogens is 3. The quantitative estimate of drug-likeness (QED) is 0.754. The van der Waals surface area contributed by atoms with Gasteiger partial charge in [-0.15, -0.1) is 0 Å². The highest BCUT2D eigenvalue weighted by atomic mass is 32.2. The lowest BCUT2D eigenvalue weighted by molar-refractivity contribution is -0.192. The van der Waals surface area contributed by atoms with Gasteiger partial charge in [-0.25, -0.2) is 13.4 Å². The first kappa shape index (κ1) is 20.8. The van der Waals surface area contributed by atoms with Crippen LogP contribution in [-0.2, 0) is 21.9 Å². The highest BCUT2D eigenvalue weighted by Crippen LogP contribution is 2.57. The van der Waals surface area contributed by atoms with Crippen LogP contribution in [0.5, 0.6) is 0 Å². The van der Waals surface area contributed by atoms with Gasteiger partial charge in [-0.1, -0.05) is 6.07 Å². The largest absolute Gasteiger partial charge is 0.403 e. The summed E-state index contributed by atoms with van der Waals surface area (Å²) in [6, 6.07) is 4.20. The Hall–Kier alpha value is -2.47. The Bertz CT molecular complexity index is 1050. The molecule has 1 N–H and O–H groups in total. The summed E-state index contributed by atoms with van der Waals surface area (Å²) in [7, 11) is -2.35. The number of alkyl halides is 3. The molecule has 12 heteroatoms. The molecule has 1 aliphatic carbocycles.